The van der Waals surface area contributed by atoms with Crippen LogP contribution in [-0.2, 0) is 14.8 Å². The van der Waals surface area contributed by atoms with E-state index in [1.54, 1.807) is 26.0 Å². The highest BCUT2D eigenvalue weighted by Gasteiger charge is 2.20. The second-order valence-electron chi connectivity index (χ2n) is 4.95. The minimum atomic E-state index is -3.51. The number of carbonyl (C=O) groups excluding carboxylic acids is 1. The molecule has 3 N–H and O–H groups in total. The van der Waals surface area contributed by atoms with Gasteiger partial charge >= 0.3 is 0 Å². The molecule has 6 nitrogen and oxygen atoms in total. The number of nitrogens with two attached hydrogens (primary N) is 1. The largest absolute Gasteiger partial charge is 0.327 e. The zero-order chi connectivity index (χ0) is 15.5. The van der Waals surface area contributed by atoms with Gasteiger partial charge in [-0.2, -0.15) is 0 Å². The molecule has 1 aromatic carbocycles. The van der Waals surface area contributed by atoms with Gasteiger partial charge in [-0.1, -0.05) is 13.0 Å². The SMILES string of the molecule is CC(N)C(C)C(=O)Nc1cccc(S(=O)(=O)N(C)C)c1. The fourth-order valence-electron chi connectivity index (χ4n) is 1.44. The van der Waals surface area contributed by atoms with Gasteiger partial charge in [-0.15, -0.1) is 0 Å². The Labute approximate surface area is 120 Å². The molecule has 0 aliphatic rings. The van der Waals surface area contributed by atoms with E-state index in [0.29, 0.717) is 5.69 Å². The van der Waals surface area contributed by atoms with Gasteiger partial charge in [0.25, 0.3) is 0 Å². The van der Waals surface area contributed by atoms with Crippen LogP contribution in [-0.4, -0.2) is 38.8 Å². The number of anilines is 1. The molecule has 0 aliphatic heterocycles. The van der Waals surface area contributed by atoms with Crippen LogP contribution in [0.5, 0.6) is 0 Å². The van der Waals surface area contributed by atoms with Crippen LogP contribution in [0.3, 0.4) is 0 Å². The van der Waals surface area contributed by atoms with Gasteiger partial charge in [0, 0.05) is 25.8 Å². The molecule has 0 saturated carbocycles. The molecule has 0 heterocycles. The number of benzene rings is 1. The lowest BCUT2D eigenvalue weighted by Gasteiger charge is -2.16. The third kappa shape index (κ3) is 3.78. The van der Waals surface area contributed by atoms with E-state index in [9.17, 15) is 13.2 Å². The first-order chi connectivity index (χ1) is 9.16. The molecule has 0 saturated heterocycles. The van der Waals surface area contributed by atoms with Gasteiger partial charge in [0.05, 0.1) is 10.8 Å². The van der Waals surface area contributed by atoms with E-state index in [0.717, 1.165) is 4.31 Å². The van der Waals surface area contributed by atoms with Crippen molar-refractivity contribution in [1.82, 2.24) is 4.31 Å². The summed E-state index contributed by atoms with van der Waals surface area (Å²) in [5.41, 5.74) is 6.10. The van der Waals surface area contributed by atoms with Crippen molar-refractivity contribution in [2.45, 2.75) is 24.8 Å². The van der Waals surface area contributed by atoms with Crippen molar-refractivity contribution in [3.63, 3.8) is 0 Å². The molecular weight excluding hydrogens is 278 g/mol. The fourth-order valence-corrected chi connectivity index (χ4v) is 2.39. The Bertz CT molecular complexity index is 582. The van der Waals surface area contributed by atoms with E-state index in [1.165, 1.54) is 26.2 Å². The summed E-state index contributed by atoms with van der Waals surface area (Å²) in [6, 6.07) is 5.87. The Hall–Kier alpha value is -1.44. The van der Waals surface area contributed by atoms with E-state index in [1.807, 2.05) is 0 Å². The third-order valence-electron chi connectivity index (χ3n) is 3.08. The molecule has 2 atom stereocenters. The molecule has 20 heavy (non-hydrogen) atoms. The topological polar surface area (TPSA) is 92.5 Å². The first-order valence-corrected chi connectivity index (χ1v) is 7.69. The molecule has 1 rings (SSSR count). The molecule has 0 radical (unpaired) electrons. The Morgan fingerprint density at radius 3 is 2.40 bits per heavy atom. The molecule has 0 aromatic heterocycles. The number of hydrogen-bond acceptors (Lipinski definition) is 4. The number of nitrogens with zero attached hydrogens (tertiary/aromatic N) is 1. The number of sulfonamides is 1. The molecule has 112 valence electrons. The van der Waals surface area contributed by atoms with Crippen LogP contribution < -0.4 is 11.1 Å². The Kier molecular flexibility index (Phi) is 5.27. The third-order valence-corrected chi connectivity index (χ3v) is 4.89. The Balaban J connectivity index is 2.98. The van der Waals surface area contributed by atoms with Crippen LogP contribution in [0, 0.1) is 5.92 Å². The van der Waals surface area contributed by atoms with Crippen LogP contribution in [0.4, 0.5) is 5.69 Å². The van der Waals surface area contributed by atoms with Gasteiger partial charge in [0.2, 0.25) is 15.9 Å². The summed E-state index contributed by atoms with van der Waals surface area (Å²) in [4.78, 5) is 12.0. The first kappa shape index (κ1) is 16.6. The average Bonchev–Trinajstić information content (AvgIpc) is 2.37. The van der Waals surface area contributed by atoms with Crippen LogP contribution in [0.2, 0.25) is 0 Å². The van der Waals surface area contributed by atoms with Gasteiger partial charge < -0.3 is 11.1 Å². The zero-order valence-electron chi connectivity index (χ0n) is 12.1. The van der Waals surface area contributed by atoms with E-state index in [-0.39, 0.29) is 22.8 Å². The Morgan fingerprint density at radius 1 is 1.30 bits per heavy atom. The molecular formula is C13H21N3O3S. The van der Waals surface area contributed by atoms with E-state index < -0.39 is 10.0 Å². The Morgan fingerprint density at radius 2 is 1.90 bits per heavy atom. The molecule has 0 bridgehead atoms. The van der Waals surface area contributed by atoms with Crippen molar-refractivity contribution in [2.24, 2.45) is 11.7 Å². The predicted molar refractivity (Wildman–Crippen MR) is 78.8 cm³/mol. The molecule has 0 fully saturated rings. The van der Waals surface area contributed by atoms with Gasteiger partial charge in [-0.3, -0.25) is 4.79 Å². The molecule has 1 aromatic rings. The van der Waals surface area contributed by atoms with Gasteiger partial charge in [0.15, 0.2) is 0 Å². The number of rotatable bonds is 5. The van der Waals surface area contributed by atoms with Crippen LogP contribution in [0.15, 0.2) is 29.2 Å². The maximum atomic E-state index is 12.0. The summed E-state index contributed by atoms with van der Waals surface area (Å²) in [6.45, 7) is 3.47. The van der Waals surface area contributed by atoms with Gasteiger partial charge in [-0.05, 0) is 25.1 Å². The summed E-state index contributed by atoms with van der Waals surface area (Å²) in [7, 11) is -0.600. The highest BCUT2D eigenvalue weighted by atomic mass is 32.2. The lowest BCUT2D eigenvalue weighted by atomic mass is 10.0. The molecule has 2 unspecified atom stereocenters. The summed E-state index contributed by atoms with van der Waals surface area (Å²) in [5, 5.41) is 2.67. The fraction of sp³-hybridized carbons (Fsp3) is 0.462. The number of amides is 1. The number of carbonyl (C=O) groups is 1. The monoisotopic (exact) mass is 299 g/mol. The molecule has 0 spiro atoms. The van der Waals surface area contributed by atoms with Crippen molar-refractivity contribution < 1.29 is 13.2 Å². The minimum Gasteiger partial charge on any atom is -0.327 e. The van der Waals surface area contributed by atoms with E-state index in [4.69, 9.17) is 5.73 Å². The van der Waals surface area contributed by atoms with E-state index >= 15 is 0 Å². The van der Waals surface area contributed by atoms with Crippen LogP contribution in [0.25, 0.3) is 0 Å². The quantitative estimate of drug-likeness (QED) is 0.843. The standard InChI is InChI=1S/C13H21N3O3S/c1-9(10(2)14)13(17)15-11-6-5-7-12(8-11)20(18,19)16(3)4/h5-10H,14H2,1-4H3,(H,15,17). The van der Waals surface area contributed by atoms with Gasteiger partial charge in [0.1, 0.15) is 0 Å². The van der Waals surface area contributed by atoms with Crippen molar-refractivity contribution in [2.75, 3.05) is 19.4 Å². The summed E-state index contributed by atoms with van der Waals surface area (Å²) in [6.07, 6.45) is 0. The second-order valence-corrected chi connectivity index (χ2v) is 7.10. The summed E-state index contributed by atoms with van der Waals surface area (Å²) >= 11 is 0. The maximum absolute atomic E-state index is 12.0. The molecule has 7 heteroatoms. The minimum absolute atomic E-state index is 0.133. The summed E-state index contributed by atoms with van der Waals surface area (Å²) in [5.74, 6) is -0.594. The highest BCUT2D eigenvalue weighted by molar-refractivity contribution is 7.89. The smallest absolute Gasteiger partial charge is 0.242 e. The molecule has 0 aliphatic carbocycles. The first-order valence-electron chi connectivity index (χ1n) is 6.25. The maximum Gasteiger partial charge on any atom is 0.242 e. The van der Waals surface area contributed by atoms with Crippen LogP contribution in [0.1, 0.15) is 13.8 Å². The van der Waals surface area contributed by atoms with Crippen LogP contribution >= 0.6 is 0 Å². The highest BCUT2D eigenvalue weighted by Crippen LogP contribution is 2.18. The lowest BCUT2D eigenvalue weighted by Crippen LogP contribution is -2.34. The normalized spacial score (nSPS) is 14.9. The van der Waals surface area contributed by atoms with Crippen molar-refractivity contribution in [3.8, 4) is 0 Å². The zero-order valence-corrected chi connectivity index (χ0v) is 12.9. The van der Waals surface area contributed by atoms with Crippen molar-refractivity contribution in [1.29, 1.82) is 0 Å². The average molecular weight is 299 g/mol. The second kappa shape index (κ2) is 6.34. The summed E-state index contributed by atoms with van der Waals surface area (Å²) < 4.78 is 25.1. The van der Waals surface area contributed by atoms with Gasteiger partial charge in [-0.25, -0.2) is 12.7 Å². The lowest BCUT2D eigenvalue weighted by molar-refractivity contribution is -0.119. The predicted octanol–water partition coefficient (Wildman–Crippen LogP) is 0.859. The molecule has 1 amide bonds. The van der Waals surface area contributed by atoms with E-state index in [2.05, 4.69) is 5.32 Å². The number of hydrogen-bond donors (Lipinski definition) is 2. The number of nitrogens with one attached hydrogen (secondary N) is 1. The van der Waals surface area contributed by atoms with Crippen molar-refractivity contribution >= 4 is 21.6 Å². The van der Waals surface area contributed by atoms with Crippen molar-refractivity contribution in [3.05, 3.63) is 24.3 Å².